The van der Waals surface area contributed by atoms with Crippen molar-refractivity contribution in [2.24, 2.45) is 5.41 Å². The lowest BCUT2D eigenvalue weighted by Gasteiger charge is -2.25. The predicted octanol–water partition coefficient (Wildman–Crippen LogP) is 4.91. The number of halogens is 2. The van der Waals surface area contributed by atoms with Crippen LogP contribution >= 0.6 is 27.5 Å². The van der Waals surface area contributed by atoms with Crippen LogP contribution in [0, 0.1) is 5.41 Å². The minimum absolute atomic E-state index is 0.256. The molecule has 1 rings (SSSR count). The largest absolute Gasteiger partial charge is 0.368 e. The summed E-state index contributed by atoms with van der Waals surface area (Å²) in [6.07, 6.45) is 6.71. The number of nitrogens with one attached hydrogen (secondary N) is 1. The molecule has 0 fully saturated rings. The van der Waals surface area contributed by atoms with Crippen LogP contribution in [0.15, 0.2) is 10.7 Å². The van der Waals surface area contributed by atoms with Gasteiger partial charge in [0.2, 0.25) is 5.28 Å². The van der Waals surface area contributed by atoms with Gasteiger partial charge in [-0.1, -0.05) is 40.0 Å². The predicted molar refractivity (Wildman–Crippen MR) is 81.2 cm³/mol. The van der Waals surface area contributed by atoms with E-state index in [0.717, 1.165) is 16.8 Å². The Kier molecular flexibility index (Phi) is 6.36. The van der Waals surface area contributed by atoms with Crippen LogP contribution in [0.3, 0.4) is 0 Å². The third kappa shape index (κ3) is 5.53. The molecule has 0 aromatic carbocycles. The molecule has 0 aliphatic heterocycles. The topological polar surface area (TPSA) is 37.8 Å². The first-order valence-corrected chi connectivity index (χ1v) is 7.53. The third-order valence-electron chi connectivity index (χ3n) is 2.91. The number of aromatic nitrogens is 2. The van der Waals surface area contributed by atoms with E-state index in [4.69, 9.17) is 11.6 Å². The molecule has 0 saturated heterocycles. The number of hydrogen-bond acceptors (Lipinski definition) is 3. The van der Waals surface area contributed by atoms with Gasteiger partial charge < -0.3 is 5.32 Å². The van der Waals surface area contributed by atoms with E-state index in [-0.39, 0.29) is 10.7 Å². The highest BCUT2D eigenvalue weighted by Crippen LogP contribution is 2.26. The fourth-order valence-electron chi connectivity index (χ4n) is 1.73. The summed E-state index contributed by atoms with van der Waals surface area (Å²) in [6.45, 7) is 7.65. The van der Waals surface area contributed by atoms with E-state index in [1.165, 1.54) is 25.7 Å². The summed E-state index contributed by atoms with van der Waals surface area (Å²) in [5.41, 5.74) is 0.256. The Hall–Kier alpha value is -0.350. The molecule has 102 valence electrons. The van der Waals surface area contributed by atoms with Gasteiger partial charge in [0.15, 0.2) is 0 Å². The van der Waals surface area contributed by atoms with Gasteiger partial charge in [0.05, 0.1) is 4.47 Å². The molecule has 0 amide bonds. The van der Waals surface area contributed by atoms with Gasteiger partial charge in [0, 0.05) is 12.7 Å². The van der Waals surface area contributed by atoms with Gasteiger partial charge in [-0.25, -0.2) is 4.98 Å². The van der Waals surface area contributed by atoms with Crippen molar-refractivity contribution in [3.05, 3.63) is 16.0 Å². The Balaban J connectivity index is 2.50. The summed E-state index contributed by atoms with van der Waals surface area (Å²) < 4.78 is 0.844. The van der Waals surface area contributed by atoms with Crippen LogP contribution in [0.4, 0.5) is 5.82 Å². The van der Waals surface area contributed by atoms with Crippen LogP contribution in [0.1, 0.15) is 46.5 Å². The van der Waals surface area contributed by atoms with E-state index < -0.39 is 0 Å². The fraction of sp³-hybridized carbons (Fsp3) is 0.692. The maximum atomic E-state index is 5.79. The first-order chi connectivity index (χ1) is 8.44. The minimum atomic E-state index is 0.256. The Labute approximate surface area is 123 Å². The molecular weight excluding hydrogens is 314 g/mol. The van der Waals surface area contributed by atoms with E-state index >= 15 is 0 Å². The second-order valence-corrected chi connectivity index (χ2v) is 6.50. The number of anilines is 1. The van der Waals surface area contributed by atoms with Gasteiger partial charge in [-0.2, -0.15) is 4.98 Å². The van der Waals surface area contributed by atoms with Crippen molar-refractivity contribution in [2.75, 3.05) is 11.9 Å². The number of unbranched alkanes of at least 4 members (excludes halogenated alkanes) is 2. The van der Waals surface area contributed by atoms with Gasteiger partial charge in [-0.15, -0.1) is 0 Å². The molecule has 0 unspecified atom stereocenters. The lowest BCUT2D eigenvalue weighted by atomic mass is 9.87. The molecule has 0 atom stereocenters. The van der Waals surface area contributed by atoms with Crippen molar-refractivity contribution in [1.29, 1.82) is 0 Å². The monoisotopic (exact) mass is 333 g/mol. The standard InChI is InChI=1S/C13H21BrClN3/c1-4-5-6-7-13(2,3)9-17-11-10(14)8-16-12(15)18-11/h8H,4-7,9H2,1-3H3,(H,16,17,18). The van der Waals surface area contributed by atoms with Crippen molar-refractivity contribution in [3.8, 4) is 0 Å². The Morgan fingerprint density at radius 2 is 2.11 bits per heavy atom. The molecule has 18 heavy (non-hydrogen) atoms. The lowest BCUT2D eigenvalue weighted by Crippen LogP contribution is -2.23. The lowest BCUT2D eigenvalue weighted by molar-refractivity contribution is 0.342. The summed E-state index contributed by atoms with van der Waals surface area (Å²) in [5.74, 6) is 0.763. The summed E-state index contributed by atoms with van der Waals surface area (Å²) in [5, 5.41) is 3.61. The highest BCUT2D eigenvalue weighted by molar-refractivity contribution is 9.10. The minimum Gasteiger partial charge on any atom is -0.368 e. The zero-order chi connectivity index (χ0) is 13.6. The van der Waals surface area contributed by atoms with Gasteiger partial charge in [-0.05, 0) is 39.4 Å². The Bertz CT molecular complexity index is 382. The molecule has 0 aliphatic carbocycles. The van der Waals surface area contributed by atoms with Crippen molar-refractivity contribution >= 4 is 33.3 Å². The summed E-state index contributed by atoms with van der Waals surface area (Å²) in [4.78, 5) is 8.08. The molecule has 1 aromatic heterocycles. The second-order valence-electron chi connectivity index (χ2n) is 5.31. The van der Waals surface area contributed by atoms with E-state index in [2.05, 4.69) is 52.0 Å². The van der Waals surface area contributed by atoms with Crippen molar-refractivity contribution in [1.82, 2.24) is 9.97 Å². The summed E-state index contributed by atoms with van der Waals surface area (Å²) >= 11 is 9.20. The first-order valence-electron chi connectivity index (χ1n) is 6.36. The summed E-state index contributed by atoms with van der Waals surface area (Å²) in [7, 11) is 0. The number of hydrogen-bond donors (Lipinski definition) is 1. The fourth-order valence-corrected chi connectivity index (χ4v) is 2.20. The maximum Gasteiger partial charge on any atom is 0.224 e. The van der Waals surface area contributed by atoms with Gasteiger partial charge in [0.1, 0.15) is 5.82 Å². The summed E-state index contributed by atoms with van der Waals surface area (Å²) in [6, 6.07) is 0. The van der Waals surface area contributed by atoms with E-state index in [1.54, 1.807) is 6.20 Å². The van der Waals surface area contributed by atoms with Gasteiger partial charge in [-0.3, -0.25) is 0 Å². The molecule has 0 saturated carbocycles. The molecule has 1 heterocycles. The highest BCUT2D eigenvalue weighted by atomic mass is 79.9. The van der Waals surface area contributed by atoms with Crippen LogP contribution < -0.4 is 5.32 Å². The van der Waals surface area contributed by atoms with Crippen LogP contribution in [0.25, 0.3) is 0 Å². The smallest absolute Gasteiger partial charge is 0.224 e. The molecule has 5 heteroatoms. The average molecular weight is 335 g/mol. The maximum absolute atomic E-state index is 5.79. The molecule has 1 aromatic rings. The SMILES string of the molecule is CCCCCC(C)(C)CNc1nc(Cl)ncc1Br. The first kappa shape index (κ1) is 15.7. The van der Waals surface area contributed by atoms with Crippen molar-refractivity contribution in [2.45, 2.75) is 46.5 Å². The number of nitrogens with zero attached hydrogens (tertiary/aromatic N) is 2. The zero-order valence-electron chi connectivity index (χ0n) is 11.3. The van der Waals surface area contributed by atoms with Gasteiger partial charge in [0.25, 0.3) is 0 Å². The van der Waals surface area contributed by atoms with E-state index in [9.17, 15) is 0 Å². The van der Waals surface area contributed by atoms with Crippen molar-refractivity contribution in [3.63, 3.8) is 0 Å². The van der Waals surface area contributed by atoms with Crippen LogP contribution in [-0.4, -0.2) is 16.5 Å². The highest BCUT2D eigenvalue weighted by Gasteiger charge is 2.17. The molecule has 0 aliphatic rings. The zero-order valence-corrected chi connectivity index (χ0v) is 13.6. The molecule has 0 spiro atoms. The Morgan fingerprint density at radius 3 is 2.78 bits per heavy atom. The van der Waals surface area contributed by atoms with E-state index in [1.807, 2.05) is 0 Å². The van der Waals surface area contributed by atoms with Crippen LogP contribution in [0.2, 0.25) is 5.28 Å². The quantitative estimate of drug-likeness (QED) is 0.568. The number of rotatable bonds is 7. The molecule has 3 nitrogen and oxygen atoms in total. The van der Waals surface area contributed by atoms with Crippen LogP contribution in [-0.2, 0) is 0 Å². The Morgan fingerprint density at radius 1 is 1.39 bits per heavy atom. The molecule has 1 N–H and O–H groups in total. The van der Waals surface area contributed by atoms with Crippen LogP contribution in [0.5, 0.6) is 0 Å². The normalized spacial score (nSPS) is 11.6. The van der Waals surface area contributed by atoms with Gasteiger partial charge >= 0.3 is 0 Å². The molecule has 0 radical (unpaired) electrons. The second kappa shape index (κ2) is 7.29. The average Bonchev–Trinajstić information content (AvgIpc) is 2.31. The molecule has 0 bridgehead atoms. The van der Waals surface area contributed by atoms with E-state index in [0.29, 0.717) is 0 Å². The van der Waals surface area contributed by atoms with Crippen molar-refractivity contribution < 1.29 is 0 Å². The molecular formula is C13H21BrClN3. The third-order valence-corrected chi connectivity index (χ3v) is 3.67.